The molecule has 0 unspecified atom stereocenters. The summed E-state index contributed by atoms with van der Waals surface area (Å²) in [4.78, 5) is 11.3. The largest absolute Gasteiger partial charge is 0.478 e. The van der Waals surface area contributed by atoms with Crippen molar-refractivity contribution in [3.8, 4) is 0 Å². The van der Waals surface area contributed by atoms with Gasteiger partial charge in [-0.1, -0.05) is 12.8 Å². The number of carboxylic acids is 1. The standard InChI is InChI=1S/C13H13F3O2S/c14-13(15,16)11-7-9(5-6-10(11)12(17)18)19-8-3-1-2-4-8/h5-8H,1-4H2,(H,17,18). The summed E-state index contributed by atoms with van der Waals surface area (Å²) in [6.45, 7) is 0. The fraction of sp³-hybridized carbons (Fsp3) is 0.462. The van der Waals surface area contributed by atoms with E-state index >= 15 is 0 Å². The van der Waals surface area contributed by atoms with Crippen molar-refractivity contribution in [2.75, 3.05) is 0 Å². The molecular formula is C13H13F3O2S. The highest BCUT2D eigenvalue weighted by Gasteiger charge is 2.35. The van der Waals surface area contributed by atoms with E-state index in [-0.39, 0.29) is 0 Å². The number of aromatic carboxylic acids is 1. The van der Waals surface area contributed by atoms with Crippen molar-refractivity contribution >= 4 is 17.7 Å². The highest BCUT2D eigenvalue weighted by molar-refractivity contribution is 8.00. The highest BCUT2D eigenvalue weighted by atomic mass is 32.2. The molecule has 0 bridgehead atoms. The molecule has 1 aliphatic rings. The zero-order chi connectivity index (χ0) is 14.0. The minimum Gasteiger partial charge on any atom is -0.478 e. The lowest BCUT2D eigenvalue weighted by atomic mass is 10.1. The first-order valence-electron chi connectivity index (χ1n) is 5.99. The molecule has 6 heteroatoms. The molecular weight excluding hydrogens is 277 g/mol. The van der Waals surface area contributed by atoms with Gasteiger partial charge in [-0.2, -0.15) is 13.2 Å². The molecule has 104 valence electrons. The van der Waals surface area contributed by atoms with E-state index in [1.54, 1.807) is 0 Å². The van der Waals surface area contributed by atoms with Gasteiger partial charge in [-0.05, 0) is 31.0 Å². The summed E-state index contributed by atoms with van der Waals surface area (Å²) in [5.74, 6) is -1.55. The first-order valence-corrected chi connectivity index (χ1v) is 6.87. The van der Waals surface area contributed by atoms with Crippen molar-refractivity contribution in [2.24, 2.45) is 0 Å². The minimum atomic E-state index is -4.64. The van der Waals surface area contributed by atoms with Crippen LogP contribution in [0.4, 0.5) is 13.2 Å². The van der Waals surface area contributed by atoms with Crippen LogP contribution < -0.4 is 0 Å². The topological polar surface area (TPSA) is 37.3 Å². The maximum Gasteiger partial charge on any atom is 0.417 e. The smallest absolute Gasteiger partial charge is 0.417 e. The highest BCUT2D eigenvalue weighted by Crippen LogP contribution is 2.38. The zero-order valence-electron chi connectivity index (χ0n) is 10.0. The first kappa shape index (κ1) is 14.2. The van der Waals surface area contributed by atoms with Gasteiger partial charge in [-0.15, -0.1) is 11.8 Å². The van der Waals surface area contributed by atoms with Crippen LogP contribution in [0.15, 0.2) is 23.1 Å². The van der Waals surface area contributed by atoms with E-state index in [4.69, 9.17) is 5.11 Å². The number of halogens is 3. The molecule has 1 aromatic rings. The maximum absolute atomic E-state index is 12.8. The third-order valence-corrected chi connectivity index (χ3v) is 4.46. The van der Waals surface area contributed by atoms with Gasteiger partial charge in [0.1, 0.15) is 0 Å². The summed E-state index contributed by atoms with van der Waals surface area (Å²) in [7, 11) is 0. The van der Waals surface area contributed by atoms with Crippen LogP contribution in [0.25, 0.3) is 0 Å². The minimum absolute atomic E-state index is 0.344. The molecule has 0 atom stereocenters. The summed E-state index contributed by atoms with van der Waals surface area (Å²) in [6.07, 6.45) is -0.409. The number of rotatable bonds is 3. The molecule has 0 heterocycles. The summed E-state index contributed by atoms with van der Waals surface area (Å²) in [5.41, 5.74) is -1.76. The van der Waals surface area contributed by atoms with Crippen LogP contribution in [-0.4, -0.2) is 16.3 Å². The average molecular weight is 290 g/mol. The van der Waals surface area contributed by atoms with Crippen molar-refractivity contribution in [1.82, 2.24) is 0 Å². The number of hydrogen-bond acceptors (Lipinski definition) is 2. The molecule has 0 radical (unpaired) electrons. The Balaban J connectivity index is 2.29. The van der Waals surface area contributed by atoms with Crippen LogP contribution in [0.5, 0.6) is 0 Å². The molecule has 1 fully saturated rings. The van der Waals surface area contributed by atoms with Gasteiger partial charge in [0.15, 0.2) is 0 Å². The molecule has 0 aliphatic heterocycles. The van der Waals surface area contributed by atoms with Gasteiger partial charge < -0.3 is 5.11 Å². The Bertz CT molecular complexity index is 479. The van der Waals surface area contributed by atoms with Crippen LogP contribution in [0.2, 0.25) is 0 Å². The molecule has 0 aromatic heterocycles. The van der Waals surface area contributed by atoms with E-state index < -0.39 is 23.3 Å². The van der Waals surface area contributed by atoms with Gasteiger partial charge in [0.25, 0.3) is 0 Å². The lowest BCUT2D eigenvalue weighted by molar-refractivity contribution is -0.138. The predicted molar refractivity (Wildman–Crippen MR) is 66.5 cm³/mol. The number of benzene rings is 1. The normalized spacial score (nSPS) is 16.8. The van der Waals surface area contributed by atoms with Crippen LogP contribution in [0, 0.1) is 0 Å². The van der Waals surface area contributed by atoms with E-state index in [1.807, 2.05) is 0 Å². The van der Waals surface area contributed by atoms with Crippen molar-refractivity contribution in [3.05, 3.63) is 29.3 Å². The Labute approximate surface area is 113 Å². The Morgan fingerprint density at radius 1 is 1.26 bits per heavy atom. The Hall–Kier alpha value is -1.17. The van der Waals surface area contributed by atoms with Crippen molar-refractivity contribution in [2.45, 2.75) is 42.0 Å². The zero-order valence-corrected chi connectivity index (χ0v) is 10.9. The fourth-order valence-electron chi connectivity index (χ4n) is 2.22. The Morgan fingerprint density at radius 2 is 1.89 bits per heavy atom. The molecule has 0 saturated heterocycles. The first-order chi connectivity index (χ1) is 8.88. The number of hydrogen-bond donors (Lipinski definition) is 1. The van der Waals surface area contributed by atoms with Crippen LogP contribution in [0.1, 0.15) is 41.6 Å². The molecule has 0 amide bonds. The SMILES string of the molecule is O=C(O)c1ccc(SC2CCCC2)cc1C(F)(F)F. The van der Waals surface area contributed by atoms with Crippen LogP contribution in [-0.2, 0) is 6.18 Å². The fourth-order valence-corrected chi connectivity index (χ4v) is 3.50. The number of alkyl halides is 3. The third kappa shape index (κ3) is 3.43. The molecule has 2 nitrogen and oxygen atoms in total. The molecule has 1 aliphatic carbocycles. The molecule has 19 heavy (non-hydrogen) atoms. The van der Waals surface area contributed by atoms with Gasteiger partial charge in [-0.25, -0.2) is 4.79 Å². The van der Waals surface area contributed by atoms with Crippen LogP contribution in [0.3, 0.4) is 0 Å². The molecule has 2 rings (SSSR count). The molecule has 0 spiro atoms. The van der Waals surface area contributed by atoms with Crippen molar-refractivity contribution < 1.29 is 23.1 Å². The number of carboxylic acid groups (broad SMARTS) is 1. The maximum atomic E-state index is 12.8. The predicted octanol–water partition coefficient (Wildman–Crippen LogP) is 4.44. The summed E-state index contributed by atoms with van der Waals surface area (Å²) in [6, 6.07) is 3.45. The van der Waals surface area contributed by atoms with Gasteiger partial charge in [0.05, 0.1) is 11.1 Å². The molecule has 1 saturated carbocycles. The second kappa shape index (κ2) is 5.45. The van der Waals surface area contributed by atoms with Gasteiger partial charge in [-0.3, -0.25) is 0 Å². The monoisotopic (exact) mass is 290 g/mol. The van der Waals surface area contributed by atoms with E-state index in [0.717, 1.165) is 37.8 Å². The summed E-state index contributed by atoms with van der Waals surface area (Å²) in [5, 5.41) is 9.14. The molecule has 1 N–H and O–H groups in total. The van der Waals surface area contributed by atoms with Crippen molar-refractivity contribution in [1.29, 1.82) is 0 Å². The number of thioether (sulfide) groups is 1. The summed E-state index contributed by atoms with van der Waals surface area (Å²) < 4.78 is 38.5. The summed E-state index contributed by atoms with van der Waals surface area (Å²) >= 11 is 1.41. The average Bonchev–Trinajstić information content (AvgIpc) is 2.80. The van der Waals surface area contributed by atoms with Gasteiger partial charge in [0, 0.05) is 10.1 Å². The van der Waals surface area contributed by atoms with Crippen molar-refractivity contribution in [3.63, 3.8) is 0 Å². The Kier molecular flexibility index (Phi) is 4.08. The van der Waals surface area contributed by atoms with E-state index in [2.05, 4.69) is 0 Å². The van der Waals surface area contributed by atoms with Gasteiger partial charge in [0.2, 0.25) is 0 Å². The quantitative estimate of drug-likeness (QED) is 0.894. The number of carbonyl (C=O) groups is 1. The van der Waals surface area contributed by atoms with E-state index in [1.165, 1.54) is 17.8 Å². The van der Waals surface area contributed by atoms with Crippen LogP contribution >= 0.6 is 11.8 Å². The second-order valence-corrected chi connectivity index (χ2v) is 5.91. The van der Waals surface area contributed by atoms with E-state index in [9.17, 15) is 18.0 Å². The van der Waals surface area contributed by atoms with E-state index in [0.29, 0.717) is 10.1 Å². The molecule has 1 aromatic carbocycles. The lowest BCUT2D eigenvalue weighted by Gasteiger charge is -2.14. The van der Waals surface area contributed by atoms with Gasteiger partial charge >= 0.3 is 12.1 Å². The lowest BCUT2D eigenvalue weighted by Crippen LogP contribution is -2.13. The third-order valence-electron chi connectivity index (χ3n) is 3.13. The Morgan fingerprint density at radius 3 is 2.42 bits per heavy atom. The second-order valence-electron chi connectivity index (χ2n) is 4.53.